The van der Waals surface area contributed by atoms with Gasteiger partial charge in [-0.25, -0.2) is 0 Å². The van der Waals surface area contributed by atoms with E-state index in [2.05, 4.69) is 10.6 Å². The first-order chi connectivity index (χ1) is 12.7. The molecule has 0 saturated heterocycles. The van der Waals surface area contributed by atoms with E-state index in [0.29, 0.717) is 33.6 Å². The monoisotopic (exact) mass is 338 g/mol. The molecule has 2 aliphatic rings. The van der Waals surface area contributed by atoms with Crippen molar-refractivity contribution in [2.45, 2.75) is 0 Å². The Labute approximate surface area is 147 Å². The van der Waals surface area contributed by atoms with Crippen LogP contribution in [0.3, 0.4) is 0 Å². The molecule has 2 N–H and O–H groups in total. The van der Waals surface area contributed by atoms with Gasteiger partial charge in [0.2, 0.25) is 11.8 Å². The molecule has 2 aliphatic heterocycles. The maximum absolute atomic E-state index is 9.00. The van der Waals surface area contributed by atoms with Crippen molar-refractivity contribution in [2.24, 2.45) is 0 Å². The summed E-state index contributed by atoms with van der Waals surface area (Å²) in [5.41, 5.74) is 0.913. The van der Waals surface area contributed by atoms with Gasteiger partial charge in [-0.15, -0.1) is 0 Å². The maximum Gasteiger partial charge on any atom is 0.226 e. The molecule has 0 aliphatic carbocycles. The fraction of sp³-hybridized carbons (Fsp3) is 0. The number of rotatable bonds is 0. The van der Waals surface area contributed by atoms with E-state index >= 15 is 0 Å². The molecule has 0 fully saturated rings. The fourth-order valence-electron chi connectivity index (χ4n) is 2.75. The molecular weight excluding hydrogens is 332 g/mol. The first-order valence-electron chi connectivity index (χ1n) is 7.28. The van der Waals surface area contributed by atoms with Gasteiger partial charge in [0, 0.05) is 10.8 Å². The van der Waals surface area contributed by atoms with E-state index in [0.717, 1.165) is 0 Å². The van der Waals surface area contributed by atoms with Gasteiger partial charge >= 0.3 is 0 Å². The summed E-state index contributed by atoms with van der Waals surface area (Å²) in [5, 5.41) is 43.2. The molecule has 0 unspecified atom stereocenters. The molecule has 2 aromatic rings. The van der Waals surface area contributed by atoms with Crippen LogP contribution in [0.5, 0.6) is 11.5 Å². The van der Waals surface area contributed by atoms with Crippen LogP contribution in [-0.2, 0) is 0 Å². The molecule has 8 heteroatoms. The van der Waals surface area contributed by atoms with Crippen LogP contribution in [0.15, 0.2) is 47.2 Å². The van der Waals surface area contributed by atoms with Crippen LogP contribution in [0.1, 0.15) is 0 Å². The first kappa shape index (κ1) is 14.9. The number of allylic oxidation sites excluding steroid dienone is 2. The highest BCUT2D eigenvalue weighted by Gasteiger charge is 2.27. The van der Waals surface area contributed by atoms with E-state index < -0.39 is 0 Å². The topological polar surface area (TPSA) is 138 Å². The first-order valence-corrected chi connectivity index (χ1v) is 7.28. The Morgan fingerprint density at radius 1 is 0.654 bits per heavy atom. The van der Waals surface area contributed by atoms with Gasteiger partial charge in [0.05, 0.1) is 11.4 Å². The van der Waals surface area contributed by atoms with Crippen molar-refractivity contribution in [3.8, 4) is 35.8 Å². The number of ether oxygens (including phenoxy) is 2. The summed E-state index contributed by atoms with van der Waals surface area (Å²) in [4.78, 5) is 0. The molecule has 26 heavy (non-hydrogen) atoms. The van der Waals surface area contributed by atoms with Crippen LogP contribution in [0.4, 0.5) is 11.4 Å². The number of hydrogen-bond acceptors (Lipinski definition) is 8. The lowest BCUT2D eigenvalue weighted by Crippen LogP contribution is -2.00. The van der Waals surface area contributed by atoms with Crippen molar-refractivity contribution < 1.29 is 9.47 Å². The van der Waals surface area contributed by atoms with Crippen LogP contribution in [0, 0.1) is 45.3 Å². The zero-order valence-corrected chi connectivity index (χ0v) is 12.9. The van der Waals surface area contributed by atoms with Gasteiger partial charge in [-0.2, -0.15) is 21.0 Å². The highest BCUT2D eigenvalue weighted by atomic mass is 16.5. The molecular formula is C18H6N6O2. The molecule has 120 valence electrons. The zero-order valence-electron chi connectivity index (χ0n) is 12.9. The van der Waals surface area contributed by atoms with Gasteiger partial charge in [-0.1, -0.05) is 0 Å². The molecule has 0 bridgehead atoms. The molecule has 0 radical (unpaired) electrons. The van der Waals surface area contributed by atoms with Crippen molar-refractivity contribution >= 4 is 22.1 Å². The third kappa shape index (κ3) is 1.98. The fourth-order valence-corrected chi connectivity index (χ4v) is 2.75. The van der Waals surface area contributed by atoms with E-state index in [-0.39, 0.29) is 22.9 Å². The molecule has 2 aromatic carbocycles. The van der Waals surface area contributed by atoms with Crippen molar-refractivity contribution in [3.05, 3.63) is 47.2 Å². The lowest BCUT2D eigenvalue weighted by molar-refractivity contribution is 0.455. The van der Waals surface area contributed by atoms with Gasteiger partial charge < -0.3 is 20.1 Å². The zero-order chi connectivity index (χ0) is 18.3. The Hall–Kier alpha value is -4.66. The summed E-state index contributed by atoms with van der Waals surface area (Å²) in [6, 6.07) is 14.2. The van der Waals surface area contributed by atoms with Crippen molar-refractivity contribution in [1.29, 1.82) is 21.0 Å². The SMILES string of the molecule is N#CC(C#N)=C1Nc2ccc3c4c(ccc3c2O1)NC(=C(C#N)C#N)O4. The lowest BCUT2D eigenvalue weighted by atomic mass is 10.1. The molecule has 0 amide bonds. The van der Waals surface area contributed by atoms with E-state index in [1.165, 1.54) is 0 Å². The highest BCUT2D eigenvalue weighted by molar-refractivity contribution is 6.02. The third-order valence-electron chi connectivity index (χ3n) is 3.91. The number of nitriles is 4. The van der Waals surface area contributed by atoms with Gasteiger partial charge in [0.15, 0.2) is 22.6 Å². The standard InChI is InChI=1S/C18H6N6O2/c19-5-9(6-20)17-23-13-3-1-11-12(16(13)26-17)2-4-14-15(11)25-18(24-14)10(7-21)8-22/h1-4,23-24H. The summed E-state index contributed by atoms with van der Waals surface area (Å²) in [5.74, 6) is 1.08. The molecule has 0 atom stereocenters. The molecule has 2 heterocycles. The highest BCUT2D eigenvalue weighted by Crippen LogP contribution is 2.47. The van der Waals surface area contributed by atoms with Gasteiger partial charge in [-0.05, 0) is 24.3 Å². The van der Waals surface area contributed by atoms with Crippen molar-refractivity contribution in [3.63, 3.8) is 0 Å². The second kappa shape index (κ2) is 5.46. The summed E-state index contributed by atoms with van der Waals surface area (Å²) >= 11 is 0. The Morgan fingerprint density at radius 2 is 1.04 bits per heavy atom. The second-order valence-electron chi connectivity index (χ2n) is 5.29. The summed E-state index contributed by atoms with van der Waals surface area (Å²) in [7, 11) is 0. The van der Waals surface area contributed by atoms with E-state index in [9.17, 15) is 0 Å². The quantitative estimate of drug-likeness (QED) is 0.699. The molecule has 0 aromatic heterocycles. The minimum atomic E-state index is -0.161. The van der Waals surface area contributed by atoms with Crippen LogP contribution >= 0.6 is 0 Å². The predicted molar refractivity (Wildman–Crippen MR) is 89.0 cm³/mol. The summed E-state index contributed by atoms with van der Waals surface area (Å²) in [6.07, 6.45) is 0. The summed E-state index contributed by atoms with van der Waals surface area (Å²) < 4.78 is 11.3. The van der Waals surface area contributed by atoms with Gasteiger partial charge in [-0.3, -0.25) is 0 Å². The normalized spacial score (nSPS) is 12.8. The molecule has 0 saturated carbocycles. The van der Waals surface area contributed by atoms with Gasteiger partial charge in [0.25, 0.3) is 0 Å². The third-order valence-corrected chi connectivity index (χ3v) is 3.91. The number of nitrogens with zero attached hydrogens (tertiary/aromatic N) is 4. The molecule has 4 rings (SSSR count). The van der Waals surface area contributed by atoms with Crippen LogP contribution in [0.2, 0.25) is 0 Å². The Kier molecular flexibility index (Phi) is 3.13. The van der Waals surface area contributed by atoms with E-state index in [1.54, 1.807) is 48.5 Å². The Balaban J connectivity index is 1.87. The number of nitrogens with one attached hydrogen (secondary N) is 2. The smallest absolute Gasteiger partial charge is 0.226 e. The maximum atomic E-state index is 9.00. The van der Waals surface area contributed by atoms with E-state index in [4.69, 9.17) is 30.5 Å². The second-order valence-corrected chi connectivity index (χ2v) is 5.29. The molecule has 8 nitrogen and oxygen atoms in total. The predicted octanol–water partition coefficient (Wildman–Crippen LogP) is 2.97. The number of hydrogen-bond donors (Lipinski definition) is 2. The van der Waals surface area contributed by atoms with Crippen LogP contribution < -0.4 is 20.1 Å². The molecule has 0 spiro atoms. The number of benzene rings is 2. The Bertz CT molecular complexity index is 1100. The average molecular weight is 338 g/mol. The van der Waals surface area contributed by atoms with Crippen molar-refractivity contribution in [2.75, 3.05) is 10.6 Å². The van der Waals surface area contributed by atoms with Crippen molar-refractivity contribution in [1.82, 2.24) is 0 Å². The number of anilines is 2. The number of fused-ring (bicyclic) bond motifs is 5. The minimum absolute atomic E-state index is 0.0777. The summed E-state index contributed by atoms with van der Waals surface area (Å²) in [6.45, 7) is 0. The minimum Gasteiger partial charge on any atom is -0.436 e. The van der Waals surface area contributed by atoms with E-state index in [1.807, 2.05) is 0 Å². The van der Waals surface area contributed by atoms with Crippen LogP contribution in [0.25, 0.3) is 10.8 Å². The van der Waals surface area contributed by atoms with Gasteiger partial charge in [0.1, 0.15) is 24.3 Å². The van der Waals surface area contributed by atoms with Crippen LogP contribution in [-0.4, -0.2) is 0 Å². The average Bonchev–Trinajstić information content (AvgIpc) is 3.27. The lowest BCUT2D eigenvalue weighted by Gasteiger charge is -2.06. The largest absolute Gasteiger partial charge is 0.436 e. The Morgan fingerprint density at radius 3 is 1.38 bits per heavy atom.